The van der Waals surface area contributed by atoms with Gasteiger partial charge in [0.1, 0.15) is 6.61 Å². The molecule has 0 unspecified atom stereocenters. The first-order valence-electron chi connectivity index (χ1n) is 11.4. The van der Waals surface area contributed by atoms with Gasteiger partial charge in [-0.3, -0.25) is 9.78 Å². The molecule has 0 radical (unpaired) electrons. The number of benzene rings is 1. The van der Waals surface area contributed by atoms with E-state index in [1.165, 1.54) is 0 Å². The molecular weight excluding hydrogens is 512 g/mol. The number of imidazole rings is 1. The van der Waals surface area contributed by atoms with E-state index < -0.39 is 0 Å². The minimum absolute atomic E-state index is 0.196. The molecule has 0 amide bonds. The molecule has 1 aromatic carbocycles. The third-order valence-electron chi connectivity index (χ3n) is 5.81. The van der Waals surface area contributed by atoms with Crippen molar-refractivity contribution in [2.24, 2.45) is 13.0 Å². The van der Waals surface area contributed by atoms with Crippen LogP contribution < -0.4 is 10.5 Å². The van der Waals surface area contributed by atoms with Gasteiger partial charge in [-0.2, -0.15) is 5.10 Å². The van der Waals surface area contributed by atoms with Gasteiger partial charge in [0.05, 0.1) is 35.1 Å². The topological polar surface area (TPSA) is 110 Å². The van der Waals surface area contributed by atoms with Crippen molar-refractivity contribution in [3.8, 4) is 17.1 Å². The van der Waals surface area contributed by atoms with Crippen molar-refractivity contribution in [3.05, 3.63) is 52.3 Å². The molecule has 0 aliphatic carbocycles. The highest BCUT2D eigenvalue weighted by Gasteiger charge is 2.16. The zero-order valence-corrected chi connectivity index (χ0v) is 21.7. The number of carbonyl (C=O) groups excluding carboxylic acids is 1. The van der Waals surface area contributed by atoms with Crippen molar-refractivity contribution >= 4 is 39.4 Å². The van der Waals surface area contributed by atoms with E-state index in [4.69, 9.17) is 15.2 Å². The van der Waals surface area contributed by atoms with E-state index >= 15 is 0 Å². The fourth-order valence-electron chi connectivity index (χ4n) is 4.17. The van der Waals surface area contributed by atoms with Crippen LogP contribution in [0.25, 0.3) is 22.3 Å². The number of hydrogen-bond acceptors (Lipinski definition) is 7. The Morgan fingerprint density at radius 1 is 1.23 bits per heavy atom. The molecular formula is C25H29BrN6O3. The van der Waals surface area contributed by atoms with Gasteiger partial charge in [0.2, 0.25) is 11.8 Å². The lowest BCUT2D eigenvalue weighted by Gasteiger charge is -2.15. The maximum atomic E-state index is 10.6. The average Bonchev–Trinajstić information content (AvgIpc) is 3.34. The van der Waals surface area contributed by atoms with Crippen molar-refractivity contribution in [2.45, 2.75) is 39.8 Å². The van der Waals surface area contributed by atoms with Crippen LogP contribution >= 0.6 is 15.9 Å². The fraction of sp³-hybridized carbons (Fsp3) is 0.360. The predicted octanol–water partition coefficient (Wildman–Crippen LogP) is 4.65. The van der Waals surface area contributed by atoms with E-state index in [9.17, 15) is 4.79 Å². The summed E-state index contributed by atoms with van der Waals surface area (Å²) in [5.74, 6) is 1.58. The first-order valence-corrected chi connectivity index (χ1v) is 12.2. The highest BCUT2D eigenvalue weighted by atomic mass is 79.9. The second kappa shape index (κ2) is 10.9. The van der Waals surface area contributed by atoms with Crippen LogP contribution in [0.5, 0.6) is 5.88 Å². The van der Waals surface area contributed by atoms with Crippen molar-refractivity contribution in [3.63, 3.8) is 0 Å². The molecule has 10 heteroatoms. The number of nitrogens with zero attached hydrogens (tertiary/aromatic N) is 5. The standard InChI is InChI=1S/C25H29BrN6O3/c1-16(13-32-23-11-19(26)6-7-21(23)30-25(32)27)5-4-8-35-24-20(12-28-31(24)3)22-10-18(14-34-15-33)9-17(2)29-22/h6-7,9-12,15-16H,4-5,8,13-14H2,1-3H3,(H2,27,30)/t16-/m1/s1. The smallest absolute Gasteiger partial charge is 0.293 e. The Hall–Kier alpha value is -3.40. The average molecular weight is 541 g/mol. The van der Waals surface area contributed by atoms with E-state index in [1.54, 1.807) is 10.9 Å². The molecule has 184 valence electrons. The van der Waals surface area contributed by atoms with Crippen LogP contribution in [0, 0.1) is 12.8 Å². The maximum Gasteiger partial charge on any atom is 0.293 e. The predicted molar refractivity (Wildman–Crippen MR) is 138 cm³/mol. The normalized spacial score (nSPS) is 12.1. The molecule has 9 nitrogen and oxygen atoms in total. The van der Waals surface area contributed by atoms with Gasteiger partial charge in [-0.05, 0) is 61.6 Å². The number of carbonyl (C=O) groups is 1. The fourth-order valence-corrected chi connectivity index (χ4v) is 4.52. The summed E-state index contributed by atoms with van der Waals surface area (Å²) in [5.41, 5.74) is 11.3. The number of nitrogens with two attached hydrogens (primary N) is 1. The van der Waals surface area contributed by atoms with Gasteiger partial charge in [-0.15, -0.1) is 0 Å². The highest BCUT2D eigenvalue weighted by Crippen LogP contribution is 2.30. The third-order valence-corrected chi connectivity index (χ3v) is 6.30. The van der Waals surface area contributed by atoms with Crippen molar-refractivity contribution in [2.75, 3.05) is 12.3 Å². The largest absolute Gasteiger partial charge is 0.477 e. The van der Waals surface area contributed by atoms with Gasteiger partial charge >= 0.3 is 0 Å². The maximum absolute atomic E-state index is 10.6. The van der Waals surface area contributed by atoms with E-state index in [0.717, 1.165) is 57.4 Å². The molecule has 0 saturated carbocycles. The summed E-state index contributed by atoms with van der Waals surface area (Å²) in [6.07, 6.45) is 3.59. The molecule has 0 spiro atoms. The number of rotatable bonds is 11. The lowest BCUT2D eigenvalue weighted by Crippen LogP contribution is -2.12. The zero-order chi connectivity index (χ0) is 24.9. The van der Waals surface area contributed by atoms with Crippen molar-refractivity contribution in [1.29, 1.82) is 0 Å². The minimum atomic E-state index is 0.196. The number of anilines is 1. The number of hydrogen-bond donors (Lipinski definition) is 1. The Bertz CT molecular complexity index is 1330. The van der Waals surface area contributed by atoms with Gasteiger partial charge in [0, 0.05) is 23.8 Å². The summed E-state index contributed by atoms with van der Waals surface area (Å²) in [7, 11) is 1.85. The van der Waals surface area contributed by atoms with Gasteiger partial charge < -0.3 is 19.8 Å². The summed E-state index contributed by atoms with van der Waals surface area (Å²) in [5, 5.41) is 4.36. The molecule has 0 aliphatic heterocycles. The summed E-state index contributed by atoms with van der Waals surface area (Å²) in [6.45, 7) is 6.09. The number of aromatic nitrogens is 5. The van der Waals surface area contributed by atoms with E-state index in [0.29, 0.717) is 30.8 Å². The minimum Gasteiger partial charge on any atom is -0.477 e. The number of fused-ring (bicyclic) bond motifs is 1. The Morgan fingerprint density at radius 3 is 2.86 bits per heavy atom. The van der Waals surface area contributed by atoms with Crippen LogP contribution in [0.3, 0.4) is 0 Å². The van der Waals surface area contributed by atoms with Crippen molar-refractivity contribution < 1.29 is 14.3 Å². The van der Waals surface area contributed by atoms with Crippen LogP contribution in [-0.2, 0) is 29.7 Å². The van der Waals surface area contributed by atoms with Crippen LogP contribution in [0.2, 0.25) is 0 Å². The molecule has 2 N–H and O–H groups in total. The summed E-state index contributed by atoms with van der Waals surface area (Å²) >= 11 is 3.53. The van der Waals surface area contributed by atoms with Crippen LogP contribution in [0.1, 0.15) is 31.0 Å². The van der Waals surface area contributed by atoms with Crippen LogP contribution in [0.4, 0.5) is 5.95 Å². The summed E-state index contributed by atoms with van der Waals surface area (Å²) < 4.78 is 15.8. The third kappa shape index (κ3) is 5.82. The highest BCUT2D eigenvalue weighted by molar-refractivity contribution is 9.10. The second-order valence-electron chi connectivity index (χ2n) is 8.71. The molecule has 3 aromatic heterocycles. The SMILES string of the molecule is Cc1cc(COC=O)cc(-c2cnn(C)c2OCCC[C@@H](C)Cn2c(N)nc3ccc(Br)cc32)n1. The molecule has 4 aromatic rings. The van der Waals surface area contributed by atoms with Crippen LogP contribution in [0.15, 0.2) is 41.0 Å². The first-order chi connectivity index (χ1) is 16.9. The lowest BCUT2D eigenvalue weighted by molar-refractivity contribution is -0.129. The lowest BCUT2D eigenvalue weighted by atomic mass is 10.1. The molecule has 0 bridgehead atoms. The summed E-state index contributed by atoms with van der Waals surface area (Å²) in [6, 6.07) is 9.77. The molecule has 4 rings (SSSR count). The number of nitrogen functional groups attached to an aromatic ring is 1. The number of ether oxygens (including phenoxy) is 2. The quantitative estimate of drug-likeness (QED) is 0.217. The number of pyridine rings is 1. The summed E-state index contributed by atoms with van der Waals surface area (Å²) in [4.78, 5) is 19.7. The van der Waals surface area contributed by atoms with Gasteiger partial charge in [-0.1, -0.05) is 22.9 Å². The van der Waals surface area contributed by atoms with Crippen molar-refractivity contribution in [1.82, 2.24) is 24.3 Å². The Kier molecular flexibility index (Phi) is 7.70. The molecule has 0 aliphatic rings. The number of halogens is 1. The molecule has 0 saturated heterocycles. The van der Waals surface area contributed by atoms with E-state index in [-0.39, 0.29) is 6.61 Å². The van der Waals surface area contributed by atoms with Gasteiger partial charge in [0.25, 0.3) is 6.47 Å². The molecule has 0 fully saturated rings. The Morgan fingerprint density at radius 2 is 2.06 bits per heavy atom. The monoisotopic (exact) mass is 540 g/mol. The number of aryl methyl sites for hydroxylation is 2. The Labute approximate surface area is 212 Å². The molecule has 3 heterocycles. The van der Waals surface area contributed by atoms with Gasteiger partial charge in [-0.25, -0.2) is 9.67 Å². The zero-order valence-electron chi connectivity index (χ0n) is 20.1. The first kappa shape index (κ1) is 24.7. The molecule has 35 heavy (non-hydrogen) atoms. The van der Waals surface area contributed by atoms with E-state index in [2.05, 4.69) is 42.5 Å². The van der Waals surface area contributed by atoms with Gasteiger partial charge in [0.15, 0.2) is 0 Å². The van der Waals surface area contributed by atoms with E-state index in [1.807, 2.05) is 44.3 Å². The second-order valence-corrected chi connectivity index (χ2v) is 9.62. The van der Waals surface area contributed by atoms with Crippen LogP contribution in [-0.4, -0.2) is 37.4 Å². The Balaban J connectivity index is 1.37. The molecule has 1 atom stereocenters.